The van der Waals surface area contributed by atoms with Gasteiger partial charge in [0.1, 0.15) is 0 Å². The van der Waals surface area contributed by atoms with Crippen molar-refractivity contribution in [3.63, 3.8) is 0 Å². The maximum absolute atomic E-state index is 7.96. The Balaban J connectivity index is 3.26. The molecule has 6 heavy (non-hydrogen) atoms. The standard InChI is InChI=1S/C3H7NO2/c1-2(4)3(5)6/h3,5-6H,1,4H2. The van der Waals surface area contributed by atoms with E-state index >= 15 is 0 Å². The Morgan fingerprint density at radius 2 is 1.83 bits per heavy atom. The molecule has 0 aromatic rings. The van der Waals surface area contributed by atoms with E-state index in [2.05, 4.69) is 6.58 Å². The van der Waals surface area contributed by atoms with Crippen molar-refractivity contribution in [2.45, 2.75) is 6.29 Å². The third-order valence-corrected chi connectivity index (χ3v) is 0.332. The lowest BCUT2D eigenvalue weighted by atomic mass is 10.5. The van der Waals surface area contributed by atoms with Crippen molar-refractivity contribution in [1.29, 1.82) is 0 Å². The summed E-state index contributed by atoms with van der Waals surface area (Å²) in [4.78, 5) is 0. The average Bonchev–Trinajstić information content (AvgIpc) is 1.36. The van der Waals surface area contributed by atoms with Gasteiger partial charge in [0, 0.05) is 0 Å². The molecule has 4 N–H and O–H groups in total. The maximum Gasteiger partial charge on any atom is 0.192 e. The van der Waals surface area contributed by atoms with Crippen LogP contribution in [0, 0.1) is 0 Å². The monoisotopic (exact) mass is 89.0 g/mol. The number of nitrogens with two attached hydrogens (primary N) is 1. The van der Waals surface area contributed by atoms with Gasteiger partial charge in [-0.05, 0) is 0 Å². The van der Waals surface area contributed by atoms with Crippen LogP contribution in [0.2, 0.25) is 0 Å². The first-order chi connectivity index (χ1) is 2.64. The lowest BCUT2D eigenvalue weighted by Gasteiger charge is -1.96. The van der Waals surface area contributed by atoms with Crippen molar-refractivity contribution in [3.05, 3.63) is 12.3 Å². The SMILES string of the molecule is C=C(N)C(O)O. The molecule has 0 saturated carbocycles. The molecule has 0 aromatic carbocycles. The van der Waals surface area contributed by atoms with Gasteiger partial charge in [-0.3, -0.25) is 0 Å². The number of aliphatic hydroxyl groups excluding tert-OH is 1. The van der Waals surface area contributed by atoms with Gasteiger partial charge in [0.15, 0.2) is 6.29 Å². The molecule has 3 heteroatoms. The highest BCUT2D eigenvalue weighted by Gasteiger charge is 1.92. The van der Waals surface area contributed by atoms with Crippen molar-refractivity contribution in [3.8, 4) is 0 Å². The van der Waals surface area contributed by atoms with E-state index in [4.69, 9.17) is 15.9 Å². The van der Waals surface area contributed by atoms with Crippen LogP contribution in [0.3, 0.4) is 0 Å². The van der Waals surface area contributed by atoms with Gasteiger partial charge in [-0.2, -0.15) is 0 Å². The molecule has 0 aromatic heterocycles. The minimum absolute atomic E-state index is 0.130. The van der Waals surface area contributed by atoms with Crippen molar-refractivity contribution in [2.75, 3.05) is 0 Å². The first kappa shape index (κ1) is 5.46. The molecule has 0 aliphatic rings. The van der Waals surface area contributed by atoms with E-state index in [0.717, 1.165) is 0 Å². The molecule has 0 heterocycles. The molecule has 0 atom stereocenters. The summed E-state index contributed by atoms with van der Waals surface area (Å²) in [7, 11) is 0. The second kappa shape index (κ2) is 1.79. The molecule has 0 saturated heterocycles. The van der Waals surface area contributed by atoms with E-state index in [9.17, 15) is 0 Å². The molecule has 36 valence electrons. The quantitative estimate of drug-likeness (QED) is 0.352. The number of aliphatic hydroxyl groups is 2. The zero-order chi connectivity index (χ0) is 5.15. The Morgan fingerprint density at radius 3 is 1.83 bits per heavy atom. The Hall–Kier alpha value is -0.540. The molecule has 0 bridgehead atoms. The van der Waals surface area contributed by atoms with E-state index in [0.29, 0.717) is 0 Å². The first-order valence-electron chi connectivity index (χ1n) is 1.45. The molecule has 0 unspecified atom stereocenters. The Labute approximate surface area is 35.7 Å². The third-order valence-electron chi connectivity index (χ3n) is 0.332. The van der Waals surface area contributed by atoms with E-state index in [1.807, 2.05) is 0 Å². The summed E-state index contributed by atoms with van der Waals surface area (Å²) >= 11 is 0. The van der Waals surface area contributed by atoms with Crippen LogP contribution >= 0.6 is 0 Å². The summed E-state index contributed by atoms with van der Waals surface area (Å²) in [5.41, 5.74) is 4.61. The van der Waals surface area contributed by atoms with E-state index in [1.165, 1.54) is 0 Å². The lowest BCUT2D eigenvalue weighted by molar-refractivity contribution is -0.00845. The summed E-state index contributed by atoms with van der Waals surface area (Å²) < 4.78 is 0. The highest BCUT2D eigenvalue weighted by atomic mass is 16.5. The zero-order valence-corrected chi connectivity index (χ0v) is 3.26. The normalized spacial score (nSPS) is 9.17. The lowest BCUT2D eigenvalue weighted by Crippen LogP contribution is -2.14. The van der Waals surface area contributed by atoms with Crippen LogP contribution < -0.4 is 5.73 Å². The van der Waals surface area contributed by atoms with Gasteiger partial charge in [-0.25, -0.2) is 0 Å². The number of hydrogen-bond donors (Lipinski definition) is 3. The smallest absolute Gasteiger partial charge is 0.192 e. The molecule has 0 radical (unpaired) electrons. The second-order valence-electron chi connectivity index (χ2n) is 0.949. The summed E-state index contributed by atoms with van der Waals surface area (Å²) in [5, 5.41) is 15.9. The maximum atomic E-state index is 7.96. The van der Waals surface area contributed by atoms with Gasteiger partial charge < -0.3 is 15.9 Å². The highest BCUT2D eigenvalue weighted by Crippen LogP contribution is 1.79. The minimum Gasteiger partial charge on any atom is -0.398 e. The van der Waals surface area contributed by atoms with Gasteiger partial charge >= 0.3 is 0 Å². The number of rotatable bonds is 1. The van der Waals surface area contributed by atoms with Crippen molar-refractivity contribution in [1.82, 2.24) is 0 Å². The second-order valence-corrected chi connectivity index (χ2v) is 0.949. The minimum atomic E-state index is -1.56. The van der Waals surface area contributed by atoms with Gasteiger partial charge in [-0.1, -0.05) is 6.58 Å². The molecule has 0 fully saturated rings. The zero-order valence-electron chi connectivity index (χ0n) is 3.26. The fourth-order valence-corrected chi connectivity index (χ4v) is 0. The molecule has 0 amide bonds. The van der Waals surface area contributed by atoms with Gasteiger partial charge in [-0.15, -0.1) is 0 Å². The third kappa shape index (κ3) is 1.75. The van der Waals surface area contributed by atoms with Gasteiger partial charge in [0.2, 0.25) is 0 Å². The van der Waals surface area contributed by atoms with E-state index < -0.39 is 6.29 Å². The Morgan fingerprint density at radius 1 is 1.67 bits per heavy atom. The van der Waals surface area contributed by atoms with Crippen molar-refractivity contribution in [2.24, 2.45) is 5.73 Å². The molecule has 0 spiro atoms. The summed E-state index contributed by atoms with van der Waals surface area (Å²) in [6.45, 7) is 3.03. The van der Waals surface area contributed by atoms with Crippen LogP contribution in [-0.4, -0.2) is 16.5 Å². The largest absolute Gasteiger partial charge is 0.398 e. The average molecular weight is 89.1 g/mol. The fourth-order valence-electron chi connectivity index (χ4n) is 0. The fraction of sp³-hybridized carbons (Fsp3) is 0.333. The molecule has 0 aliphatic heterocycles. The van der Waals surface area contributed by atoms with E-state index in [-0.39, 0.29) is 5.70 Å². The van der Waals surface area contributed by atoms with Crippen LogP contribution in [0.25, 0.3) is 0 Å². The summed E-state index contributed by atoms with van der Waals surface area (Å²) in [6, 6.07) is 0. The topological polar surface area (TPSA) is 66.5 Å². The van der Waals surface area contributed by atoms with Crippen LogP contribution in [-0.2, 0) is 0 Å². The van der Waals surface area contributed by atoms with E-state index in [1.54, 1.807) is 0 Å². The Bertz CT molecular complexity index is 59.8. The molecular formula is C3H7NO2. The van der Waals surface area contributed by atoms with Gasteiger partial charge in [0.25, 0.3) is 0 Å². The highest BCUT2D eigenvalue weighted by molar-refractivity contribution is 4.87. The molecular weight excluding hydrogens is 82.0 g/mol. The van der Waals surface area contributed by atoms with Crippen molar-refractivity contribution >= 4 is 0 Å². The van der Waals surface area contributed by atoms with Crippen LogP contribution in [0.15, 0.2) is 12.3 Å². The van der Waals surface area contributed by atoms with Gasteiger partial charge in [0.05, 0.1) is 5.70 Å². The predicted molar refractivity (Wildman–Crippen MR) is 21.6 cm³/mol. The predicted octanol–water partition coefficient (Wildman–Crippen LogP) is -1.23. The van der Waals surface area contributed by atoms with Crippen LogP contribution in [0.1, 0.15) is 0 Å². The summed E-state index contributed by atoms with van der Waals surface area (Å²) in [5.74, 6) is 0. The number of hydrogen-bond acceptors (Lipinski definition) is 3. The van der Waals surface area contributed by atoms with Crippen molar-refractivity contribution < 1.29 is 10.2 Å². The molecule has 3 nitrogen and oxygen atoms in total. The van der Waals surface area contributed by atoms with Crippen LogP contribution in [0.5, 0.6) is 0 Å². The first-order valence-corrected chi connectivity index (χ1v) is 1.45. The van der Waals surface area contributed by atoms with Crippen LogP contribution in [0.4, 0.5) is 0 Å². The molecule has 0 rings (SSSR count). The Kier molecular flexibility index (Phi) is 1.63. The molecule has 0 aliphatic carbocycles. The summed E-state index contributed by atoms with van der Waals surface area (Å²) in [6.07, 6.45) is -1.56.